The van der Waals surface area contributed by atoms with E-state index < -0.39 is 6.10 Å². The summed E-state index contributed by atoms with van der Waals surface area (Å²) in [5, 5.41) is 8.76. The summed E-state index contributed by atoms with van der Waals surface area (Å²) in [5.41, 5.74) is 0.443. The van der Waals surface area contributed by atoms with Gasteiger partial charge in [-0.1, -0.05) is 13.0 Å². The largest absolute Gasteiger partial charge is 0.474 e. The molecular formula is C11H10BrNO2. The molecule has 1 aromatic rings. The van der Waals surface area contributed by atoms with Gasteiger partial charge in [0.15, 0.2) is 12.4 Å². The van der Waals surface area contributed by atoms with E-state index in [1.165, 1.54) is 0 Å². The van der Waals surface area contributed by atoms with E-state index in [0.717, 1.165) is 0 Å². The summed E-state index contributed by atoms with van der Waals surface area (Å²) in [6.07, 6.45) is 0.766. The maximum Gasteiger partial charge on any atom is 0.184 e. The van der Waals surface area contributed by atoms with Gasteiger partial charge in [0, 0.05) is 0 Å². The van der Waals surface area contributed by atoms with Gasteiger partial charge in [-0.2, -0.15) is 5.26 Å². The molecule has 0 saturated heterocycles. The van der Waals surface area contributed by atoms with E-state index >= 15 is 0 Å². The van der Waals surface area contributed by atoms with Crippen molar-refractivity contribution in [3.63, 3.8) is 0 Å². The van der Waals surface area contributed by atoms with Crippen LogP contribution in [0.25, 0.3) is 0 Å². The molecule has 1 atom stereocenters. The van der Waals surface area contributed by atoms with Crippen LogP contribution in [0.3, 0.4) is 0 Å². The highest BCUT2D eigenvalue weighted by Crippen LogP contribution is 2.29. The Balaban J connectivity index is 3.02. The summed E-state index contributed by atoms with van der Waals surface area (Å²) >= 11 is 3.28. The number of nitriles is 1. The second-order valence-electron chi connectivity index (χ2n) is 2.92. The average Bonchev–Trinajstić information content (AvgIpc) is 2.27. The minimum atomic E-state index is -0.526. The number of nitrogens with zero attached hydrogens (tertiary/aromatic N) is 1. The molecule has 0 aromatic heterocycles. The Morgan fingerprint density at radius 1 is 1.67 bits per heavy atom. The van der Waals surface area contributed by atoms with E-state index in [1.54, 1.807) is 18.2 Å². The van der Waals surface area contributed by atoms with Crippen molar-refractivity contribution in [2.75, 3.05) is 0 Å². The number of halogens is 1. The average molecular weight is 268 g/mol. The second-order valence-corrected chi connectivity index (χ2v) is 3.77. The third-order valence-electron chi connectivity index (χ3n) is 1.90. The highest BCUT2D eigenvalue weighted by molar-refractivity contribution is 9.10. The molecule has 78 valence electrons. The van der Waals surface area contributed by atoms with Crippen LogP contribution in [0.2, 0.25) is 0 Å². The molecule has 0 heterocycles. The first-order chi connectivity index (χ1) is 7.22. The maximum atomic E-state index is 10.8. The molecule has 0 aliphatic carbocycles. The van der Waals surface area contributed by atoms with Gasteiger partial charge in [-0.25, -0.2) is 0 Å². The Bertz CT molecular complexity index is 398. The summed E-state index contributed by atoms with van der Waals surface area (Å²) in [6, 6.07) is 7.18. The molecule has 1 unspecified atom stereocenters. The van der Waals surface area contributed by atoms with E-state index in [-0.39, 0.29) is 0 Å². The van der Waals surface area contributed by atoms with Crippen LogP contribution in [0, 0.1) is 11.3 Å². The van der Waals surface area contributed by atoms with E-state index in [1.807, 2.05) is 13.0 Å². The van der Waals surface area contributed by atoms with Crippen molar-refractivity contribution in [1.82, 2.24) is 0 Å². The van der Waals surface area contributed by atoms with Crippen LogP contribution in [0.1, 0.15) is 23.7 Å². The Hall–Kier alpha value is -1.34. The summed E-state index contributed by atoms with van der Waals surface area (Å²) in [4.78, 5) is 10.8. The summed E-state index contributed by atoms with van der Waals surface area (Å²) < 4.78 is 6.11. The van der Waals surface area contributed by atoms with Gasteiger partial charge >= 0.3 is 0 Å². The lowest BCUT2D eigenvalue weighted by Gasteiger charge is -2.13. The monoisotopic (exact) mass is 267 g/mol. The Labute approximate surface area is 96.8 Å². The van der Waals surface area contributed by atoms with E-state index in [2.05, 4.69) is 15.9 Å². The van der Waals surface area contributed by atoms with Gasteiger partial charge in [-0.15, -0.1) is 0 Å². The summed E-state index contributed by atoms with van der Waals surface area (Å²) in [7, 11) is 0. The van der Waals surface area contributed by atoms with Crippen molar-refractivity contribution in [3.8, 4) is 11.8 Å². The van der Waals surface area contributed by atoms with Crippen molar-refractivity contribution >= 4 is 22.2 Å². The van der Waals surface area contributed by atoms with Gasteiger partial charge in [-0.05, 0) is 34.5 Å². The number of ether oxygens (including phenoxy) is 1. The molecule has 3 nitrogen and oxygen atoms in total. The van der Waals surface area contributed by atoms with Crippen LogP contribution in [-0.4, -0.2) is 12.4 Å². The molecule has 1 aromatic carbocycles. The molecule has 0 aliphatic heterocycles. The van der Waals surface area contributed by atoms with Gasteiger partial charge in [0.1, 0.15) is 11.8 Å². The number of hydrogen-bond acceptors (Lipinski definition) is 3. The fourth-order valence-electron chi connectivity index (χ4n) is 1.09. The number of para-hydroxylation sites is 1. The van der Waals surface area contributed by atoms with E-state index in [9.17, 15) is 4.79 Å². The SMILES string of the molecule is CCC(C#N)Oc1c(Br)cccc1C=O. The zero-order valence-corrected chi connectivity index (χ0v) is 9.82. The molecule has 0 N–H and O–H groups in total. The van der Waals surface area contributed by atoms with E-state index in [4.69, 9.17) is 10.00 Å². The van der Waals surface area contributed by atoms with Gasteiger partial charge in [0.2, 0.25) is 0 Å². The Kier molecular flexibility index (Phi) is 4.32. The minimum absolute atomic E-state index is 0.431. The van der Waals surface area contributed by atoms with Crippen molar-refractivity contribution in [1.29, 1.82) is 5.26 Å². The lowest BCUT2D eigenvalue weighted by Crippen LogP contribution is -2.13. The standard InChI is InChI=1S/C11H10BrNO2/c1-2-9(6-13)15-11-8(7-14)4-3-5-10(11)12/h3-5,7,9H,2H2,1H3. The topological polar surface area (TPSA) is 50.1 Å². The van der Waals surface area contributed by atoms with Gasteiger partial charge in [0.05, 0.1) is 10.0 Å². The number of carbonyl (C=O) groups excluding carboxylic acids is 1. The third kappa shape index (κ3) is 2.80. The van der Waals surface area contributed by atoms with Crippen molar-refractivity contribution in [2.45, 2.75) is 19.4 Å². The molecule has 0 radical (unpaired) electrons. The Morgan fingerprint density at radius 3 is 2.93 bits per heavy atom. The molecule has 4 heteroatoms. The predicted molar refractivity (Wildman–Crippen MR) is 59.8 cm³/mol. The molecule has 0 amide bonds. The molecule has 0 spiro atoms. The van der Waals surface area contributed by atoms with Crippen LogP contribution < -0.4 is 4.74 Å². The van der Waals surface area contributed by atoms with Crippen LogP contribution in [-0.2, 0) is 0 Å². The molecule has 0 aliphatic rings. The number of benzene rings is 1. The first kappa shape index (κ1) is 11.7. The Morgan fingerprint density at radius 2 is 2.40 bits per heavy atom. The smallest absolute Gasteiger partial charge is 0.184 e. The number of hydrogen-bond donors (Lipinski definition) is 0. The van der Waals surface area contributed by atoms with Gasteiger partial charge in [-0.3, -0.25) is 4.79 Å². The van der Waals surface area contributed by atoms with Crippen LogP contribution in [0.5, 0.6) is 5.75 Å². The van der Waals surface area contributed by atoms with Crippen molar-refractivity contribution < 1.29 is 9.53 Å². The van der Waals surface area contributed by atoms with Crippen LogP contribution >= 0.6 is 15.9 Å². The second kappa shape index (κ2) is 5.52. The first-order valence-corrected chi connectivity index (χ1v) is 5.32. The normalized spacial score (nSPS) is 11.5. The highest BCUT2D eigenvalue weighted by Gasteiger charge is 2.12. The van der Waals surface area contributed by atoms with E-state index in [0.29, 0.717) is 28.5 Å². The van der Waals surface area contributed by atoms with Crippen LogP contribution in [0.15, 0.2) is 22.7 Å². The number of rotatable bonds is 4. The molecule has 0 bridgehead atoms. The lowest BCUT2D eigenvalue weighted by molar-refractivity contribution is 0.111. The molecule has 0 saturated carbocycles. The molecular weight excluding hydrogens is 258 g/mol. The first-order valence-electron chi connectivity index (χ1n) is 4.52. The van der Waals surface area contributed by atoms with Crippen molar-refractivity contribution in [2.24, 2.45) is 0 Å². The molecule has 0 fully saturated rings. The fourth-order valence-corrected chi connectivity index (χ4v) is 1.56. The summed E-state index contributed by atoms with van der Waals surface area (Å²) in [5.74, 6) is 0.431. The minimum Gasteiger partial charge on any atom is -0.474 e. The lowest BCUT2D eigenvalue weighted by atomic mass is 10.2. The molecule has 15 heavy (non-hydrogen) atoms. The predicted octanol–water partition coefficient (Wildman–Crippen LogP) is 2.94. The number of aldehydes is 1. The quantitative estimate of drug-likeness (QED) is 0.789. The zero-order valence-electron chi connectivity index (χ0n) is 8.24. The summed E-state index contributed by atoms with van der Waals surface area (Å²) in [6.45, 7) is 1.85. The van der Waals surface area contributed by atoms with Gasteiger partial charge in [0.25, 0.3) is 0 Å². The highest BCUT2D eigenvalue weighted by atomic mass is 79.9. The fraction of sp³-hybridized carbons (Fsp3) is 0.273. The van der Waals surface area contributed by atoms with Crippen LogP contribution in [0.4, 0.5) is 0 Å². The van der Waals surface area contributed by atoms with Gasteiger partial charge < -0.3 is 4.74 Å². The zero-order chi connectivity index (χ0) is 11.3. The molecule has 1 rings (SSSR count). The third-order valence-corrected chi connectivity index (χ3v) is 2.52. The maximum absolute atomic E-state index is 10.8. The van der Waals surface area contributed by atoms with Crippen molar-refractivity contribution in [3.05, 3.63) is 28.2 Å². The number of carbonyl (C=O) groups is 1.